The van der Waals surface area contributed by atoms with Gasteiger partial charge in [-0.3, -0.25) is 9.48 Å². The molecule has 3 heterocycles. The number of ether oxygens (including phenoxy) is 1. The average molecular weight is 375 g/mol. The lowest BCUT2D eigenvalue weighted by Gasteiger charge is -2.37. The normalized spacial score (nSPS) is 31.7. The van der Waals surface area contributed by atoms with Crippen LogP contribution in [0.1, 0.15) is 74.8 Å². The summed E-state index contributed by atoms with van der Waals surface area (Å²) in [4.78, 5) is 15.5. The highest BCUT2D eigenvalue weighted by atomic mass is 16.5. The summed E-state index contributed by atoms with van der Waals surface area (Å²) in [6, 6.07) is 2.60. The summed E-state index contributed by atoms with van der Waals surface area (Å²) >= 11 is 0. The van der Waals surface area contributed by atoms with E-state index >= 15 is 0 Å². The first-order valence-corrected chi connectivity index (χ1v) is 10.9. The molecule has 27 heavy (non-hydrogen) atoms. The number of piperidine rings is 1. The first kappa shape index (κ1) is 18.9. The van der Waals surface area contributed by atoms with Crippen LogP contribution in [0.3, 0.4) is 0 Å². The van der Waals surface area contributed by atoms with Crippen LogP contribution in [0.4, 0.5) is 0 Å². The SMILES string of the molecule is CC1CCC(N(CC2CCCO2)C(=O)c2ccn(C3CCCNC3)n2)CC1. The Bertz CT molecular complexity index is 611. The molecule has 0 spiro atoms. The maximum atomic E-state index is 13.4. The number of nitrogens with one attached hydrogen (secondary N) is 1. The zero-order valence-corrected chi connectivity index (χ0v) is 16.6. The van der Waals surface area contributed by atoms with Gasteiger partial charge in [-0.1, -0.05) is 6.92 Å². The maximum Gasteiger partial charge on any atom is 0.274 e. The number of aromatic nitrogens is 2. The van der Waals surface area contributed by atoms with Gasteiger partial charge in [-0.05, 0) is 69.9 Å². The fourth-order valence-electron chi connectivity index (χ4n) is 4.82. The highest BCUT2D eigenvalue weighted by Crippen LogP contribution is 2.29. The van der Waals surface area contributed by atoms with Gasteiger partial charge in [0.15, 0.2) is 0 Å². The van der Waals surface area contributed by atoms with E-state index in [0.29, 0.717) is 17.8 Å². The standard InChI is InChI=1S/C21H34N4O2/c1-16-6-8-17(9-7-16)24(15-19-5-3-13-27-19)21(26)20-10-12-25(23-20)18-4-2-11-22-14-18/h10,12,16-19,22H,2-9,11,13-15H2,1H3. The Balaban J connectivity index is 1.48. The van der Waals surface area contributed by atoms with E-state index in [1.54, 1.807) is 0 Å². The van der Waals surface area contributed by atoms with Crippen molar-refractivity contribution in [2.75, 3.05) is 26.2 Å². The predicted octanol–water partition coefficient (Wildman–Crippen LogP) is 3.01. The van der Waals surface area contributed by atoms with Gasteiger partial charge in [0.2, 0.25) is 0 Å². The number of carbonyl (C=O) groups excluding carboxylic acids is 1. The van der Waals surface area contributed by atoms with Crippen LogP contribution in [0.2, 0.25) is 0 Å². The molecule has 6 nitrogen and oxygen atoms in total. The quantitative estimate of drug-likeness (QED) is 0.861. The topological polar surface area (TPSA) is 59.4 Å². The molecule has 3 aliphatic rings. The van der Waals surface area contributed by atoms with Gasteiger partial charge in [0, 0.05) is 31.9 Å². The largest absolute Gasteiger partial charge is 0.376 e. The first-order valence-electron chi connectivity index (χ1n) is 10.9. The highest BCUT2D eigenvalue weighted by Gasteiger charge is 2.32. The van der Waals surface area contributed by atoms with Gasteiger partial charge >= 0.3 is 0 Å². The third kappa shape index (κ3) is 4.54. The minimum Gasteiger partial charge on any atom is -0.376 e. The summed E-state index contributed by atoms with van der Waals surface area (Å²) in [5, 5.41) is 8.11. The van der Waals surface area contributed by atoms with Crippen molar-refractivity contribution in [3.05, 3.63) is 18.0 Å². The molecule has 1 N–H and O–H groups in total. The van der Waals surface area contributed by atoms with Crippen molar-refractivity contribution in [1.29, 1.82) is 0 Å². The summed E-state index contributed by atoms with van der Waals surface area (Å²) in [5.74, 6) is 0.867. The Morgan fingerprint density at radius 2 is 2.11 bits per heavy atom. The number of nitrogens with zero attached hydrogens (tertiary/aromatic N) is 3. The van der Waals surface area contributed by atoms with Crippen LogP contribution in [0.15, 0.2) is 12.3 Å². The monoisotopic (exact) mass is 374 g/mol. The molecular formula is C21H34N4O2. The smallest absolute Gasteiger partial charge is 0.274 e. The van der Waals surface area contributed by atoms with E-state index in [9.17, 15) is 4.79 Å². The molecule has 0 aromatic carbocycles. The van der Waals surface area contributed by atoms with Crippen LogP contribution >= 0.6 is 0 Å². The summed E-state index contributed by atoms with van der Waals surface area (Å²) in [6.45, 7) is 5.89. The minimum absolute atomic E-state index is 0.0903. The van der Waals surface area contributed by atoms with E-state index in [4.69, 9.17) is 4.74 Å². The molecule has 150 valence electrons. The molecule has 6 heteroatoms. The molecule has 2 saturated heterocycles. The molecule has 1 aromatic rings. The van der Waals surface area contributed by atoms with Crippen molar-refractivity contribution < 1.29 is 9.53 Å². The van der Waals surface area contributed by atoms with Crippen LogP contribution in [-0.2, 0) is 4.74 Å². The van der Waals surface area contributed by atoms with Crippen molar-refractivity contribution in [2.45, 2.75) is 76.5 Å². The summed E-state index contributed by atoms with van der Waals surface area (Å²) in [6.07, 6.45) is 11.3. The van der Waals surface area contributed by atoms with Gasteiger partial charge in [0.1, 0.15) is 5.69 Å². The molecule has 2 unspecified atom stereocenters. The van der Waals surface area contributed by atoms with Crippen molar-refractivity contribution in [3.8, 4) is 0 Å². The molecule has 2 atom stereocenters. The Hall–Kier alpha value is -1.40. The second kappa shape index (κ2) is 8.74. The van der Waals surface area contributed by atoms with E-state index in [1.807, 2.05) is 16.9 Å². The Kier molecular flexibility index (Phi) is 6.13. The van der Waals surface area contributed by atoms with Crippen molar-refractivity contribution in [2.24, 2.45) is 5.92 Å². The van der Waals surface area contributed by atoms with Crippen LogP contribution in [-0.4, -0.2) is 59.0 Å². The molecule has 0 bridgehead atoms. The van der Waals surface area contributed by atoms with Gasteiger partial charge in [-0.25, -0.2) is 0 Å². The lowest BCUT2D eigenvalue weighted by molar-refractivity contribution is 0.0336. The number of carbonyl (C=O) groups is 1. The first-order chi connectivity index (χ1) is 13.2. The lowest BCUT2D eigenvalue weighted by Crippen LogP contribution is -2.46. The molecule has 1 aliphatic carbocycles. The molecule has 4 rings (SSSR count). The molecule has 1 amide bonds. The maximum absolute atomic E-state index is 13.4. The Labute approximate surface area is 162 Å². The average Bonchev–Trinajstić information content (AvgIpc) is 3.39. The zero-order chi connectivity index (χ0) is 18.6. The van der Waals surface area contributed by atoms with E-state index < -0.39 is 0 Å². The third-order valence-corrected chi connectivity index (χ3v) is 6.58. The lowest BCUT2D eigenvalue weighted by atomic mass is 9.86. The molecule has 1 aromatic heterocycles. The van der Waals surface area contributed by atoms with Crippen molar-refractivity contribution in [1.82, 2.24) is 20.0 Å². The number of rotatable bonds is 5. The van der Waals surface area contributed by atoms with Gasteiger partial charge in [-0.2, -0.15) is 5.10 Å². The van der Waals surface area contributed by atoms with Gasteiger partial charge < -0.3 is 15.0 Å². The second-order valence-electron chi connectivity index (χ2n) is 8.69. The van der Waals surface area contributed by atoms with Crippen LogP contribution < -0.4 is 5.32 Å². The molecule has 1 saturated carbocycles. The van der Waals surface area contributed by atoms with E-state index in [0.717, 1.165) is 64.3 Å². The van der Waals surface area contributed by atoms with Crippen LogP contribution in [0.25, 0.3) is 0 Å². The van der Waals surface area contributed by atoms with Crippen molar-refractivity contribution >= 4 is 5.91 Å². The fourth-order valence-corrected chi connectivity index (χ4v) is 4.82. The summed E-state index contributed by atoms with van der Waals surface area (Å²) in [7, 11) is 0. The minimum atomic E-state index is 0.0903. The third-order valence-electron chi connectivity index (χ3n) is 6.58. The van der Waals surface area contributed by atoms with E-state index in [-0.39, 0.29) is 12.0 Å². The number of hydrogen-bond acceptors (Lipinski definition) is 4. The summed E-state index contributed by atoms with van der Waals surface area (Å²) in [5.41, 5.74) is 0.595. The molecule has 3 fully saturated rings. The van der Waals surface area contributed by atoms with Crippen LogP contribution in [0, 0.1) is 5.92 Å². The fraction of sp³-hybridized carbons (Fsp3) is 0.810. The Morgan fingerprint density at radius 3 is 2.81 bits per heavy atom. The number of amides is 1. The van der Waals surface area contributed by atoms with E-state index in [1.165, 1.54) is 19.3 Å². The summed E-state index contributed by atoms with van der Waals surface area (Å²) < 4.78 is 7.85. The van der Waals surface area contributed by atoms with Gasteiger partial charge in [0.05, 0.1) is 12.1 Å². The zero-order valence-electron chi connectivity index (χ0n) is 16.6. The molecular weight excluding hydrogens is 340 g/mol. The van der Waals surface area contributed by atoms with Gasteiger partial charge in [0.25, 0.3) is 5.91 Å². The second-order valence-corrected chi connectivity index (χ2v) is 8.69. The van der Waals surface area contributed by atoms with Gasteiger partial charge in [-0.15, -0.1) is 0 Å². The number of hydrogen-bond donors (Lipinski definition) is 1. The molecule has 2 aliphatic heterocycles. The predicted molar refractivity (Wildman–Crippen MR) is 105 cm³/mol. The van der Waals surface area contributed by atoms with Crippen molar-refractivity contribution in [3.63, 3.8) is 0 Å². The molecule has 0 radical (unpaired) electrons. The van der Waals surface area contributed by atoms with Crippen LogP contribution in [0.5, 0.6) is 0 Å². The highest BCUT2D eigenvalue weighted by molar-refractivity contribution is 5.92. The van der Waals surface area contributed by atoms with E-state index in [2.05, 4.69) is 22.2 Å². The Morgan fingerprint density at radius 1 is 1.26 bits per heavy atom.